The lowest BCUT2D eigenvalue weighted by atomic mass is 10.1. The fourth-order valence-electron chi connectivity index (χ4n) is 1.94. The molecule has 0 unspecified atom stereocenters. The first kappa shape index (κ1) is 14.0. The average Bonchev–Trinajstić information content (AvgIpc) is 2.47. The minimum absolute atomic E-state index is 0.127. The number of aliphatic hydroxyl groups is 1. The third-order valence-corrected chi connectivity index (χ3v) is 3.01. The Kier molecular flexibility index (Phi) is 4.32. The van der Waals surface area contributed by atoms with Crippen LogP contribution < -0.4 is 5.32 Å². The van der Waals surface area contributed by atoms with Crippen LogP contribution in [0.1, 0.15) is 0 Å². The SMILES string of the molecule is CN(CCO)C(=O)C(=O)Nc1cccc2ccccc12. The van der Waals surface area contributed by atoms with E-state index in [1.807, 2.05) is 36.4 Å². The van der Waals surface area contributed by atoms with Crippen LogP contribution in [-0.4, -0.2) is 42.0 Å². The lowest BCUT2D eigenvalue weighted by molar-refractivity contribution is -0.142. The van der Waals surface area contributed by atoms with Crippen molar-refractivity contribution in [2.45, 2.75) is 0 Å². The molecule has 0 heterocycles. The minimum Gasteiger partial charge on any atom is -0.395 e. The topological polar surface area (TPSA) is 69.6 Å². The Bertz CT molecular complexity index is 635. The quantitative estimate of drug-likeness (QED) is 0.826. The molecule has 0 aliphatic rings. The minimum atomic E-state index is -0.711. The van der Waals surface area contributed by atoms with E-state index in [2.05, 4.69) is 5.32 Å². The Morgan fingerprint density at radius 2 is 1.85 bits per heavy atom. The van der Waals surface area contributed by atoms with Gasteiger partial charge in [-0.25, -0.2) is 0 Å². The van der Waals surface area contributed by atoms with E-state index in [0.717, 1.165) is 10.8 Å². The molecule has 0 spiro atoms. The zero-order chi connectivity index (χ0) is 14.5. The van der Waals surface area contributed by atoms with Crippen LogP contribution >= 0.6 is 0 Å². The van der Waals surface area contributed by atoms with Gasteiger partial charge in [0.1, 0.15) is 0 Å². The van der Waals surface area contributed by atoms with Gasteiger partial charge in [-0.05, 0) is 11.5 Å². The molecule has 5 heteroatoms. The number of nitrogens with zero attached hydrogens (tertiary/aromatic N) is 1. The summed E-state index contributed by atoms with van der Waals surface area (Å²) in [6, 6.07) is 13.1. The molecule has 2 amide bonds. The highest BCUT2D eigenvalue weighted by Crippen LogP contribution is 2.22. The molecule has 5 nitrogen and oxygen atoms in total. The molecule has 0 bridgehead atoms. The second-order valence-corrected chi connectivity index (χ2v) is 4.43. The molecule has 0 saturated heterocycles. The normalized spacial score (nSPS) is 10.3. The molecule has 0 aromatic heterocycles. The maximum absolute atomic E-state index is 11.9. The molecule has 2 N–H and O–H groups in total. The number of benzene rings is 2. The van der Waals surface area contributed by atoms with Gasteiger partial charge < -0.3 is 15.3 Å². The maximum Gasteiger partial charge on any atom is 0.313 e. The molecule has 2 rings (SSSR count). The van der Waals surface area contributed by atoms with Gasteiger partial charge in [-0.2, -0.15) is 0 Å². The van der Waals surface area contributed by atoms with Gasteiger partial charge in [0.2, 0.25) is 0 Å². The Balaban J connectivity index is 2.20. The number of amides is 2. The van der Waals surface area contributed by atoms with Crippen molar-refractivity contribution in [3.63, 3.8) is 0 Å². The summed E-state index contributed by atoms with van der Waals surface area (Å²) in [4.78, 5) is 24.8. The van der Waals surface area contributed by atoms with Crippen LogP contribution in [0.5, 0.6) is 0 Å². The van der Waals surface area contributed by atoms with Gasteiger partial charge in [-0.15, -0.1) is 0 Å². The lowest BCUT2D eigenvalue weighted by Crippen LogP contribution is -2.38. The van der Waals surface area contributed by atoms with Crippen LogP contribution in [0.25, 0.3) is 10.8 Å². The monoisotopic (exact) mass is 272 g/mol. The summed E-state index contributed by atoms with van der Waals surface area (Å²) in [6.45, 7) is -0.0500. The Morgan fingerprint density at radius 3 is 2.60 bits per heavy atom. The molecule has 0 saturated carbocycles. The third kappa shape index (κ3) is 2.95. The van der Waals surface area contributed by atoms with Crippen molar-refractivity contribution in [3.05, 3.63) is 42.5 Å². The van der Waals surface area contributed by atoms with E-state index in [1.165, 1.54) is 11.9 Å². The predicted octanol–water partition coefficient (Wildman–Crippen LogP) is 1.23. The first-order valence-corrected chi connectivity index (χ1v) is 6.28. The number of rotatable bonds is 3. The van der Waals surface area contributed by atoms with Crippen molar-refractivity contribution >= 4 is 28.3 Å². The molecule has 0 aliphatic carbocycles. The average molecular weight is 272 g/mol. The van der Waals surface area contributed by atoms with Crippen molar-refractivity contribution in [3.8, 4) is 0 Å². The van der Waals surface area contributed by atoms with E-state index in [4.69, 9.17) is 5.11 Å². The van der Waals surface area contributed by atoms with Crippen molar-refractivity contribution in [2.75, 3.05) is 25.5 Å². The predicted molar refractivity (Wildman–Crippen MR) is 77.3 cm³/mol. The zero-order valence-corrected chi connectivity index (χ0v) is 11.2. The second kappa shape index (κ2) is 6.16. The molecule has 2 aromatic carbocycles. The molecule has 0 fully saturated rings. The summed E-state index contributed by atoms with van der Waals surface area (Å²) in [7, 11) is 1.47. The highest BCUT2D eigenvalue weighted by molar-refractivity contribution is 6.40. The summed E-state index contributed by atoms with van der Waals surface area (Å²) in [6.07, 6.45) is 0. The number of aliphatic hydroxyl groups excluding tert-OH is 1. The van der Waals surface area contributed by atoms with Crippen LogP contribution in [-0.2, 0) is 9.59 Å². The lowest BCUT2D eigenvalue weighted by Gasteiger charge is -2.15. The van der Waals surface area contributed by atoms with E-state index in [0.29, 0.717) is 5.69 Å². The van der Waals surface area contributed by atoms with Gasteiger partial charge in [-0.3, -0.25) is 9.59 Å². The summed E-state index contributed by atoms with van der Waals surface area (Å²) in [5, 5.41) is 13.2. The molecule has 0 aliphatic heterocycles. The number of carbonyl (C=O) groups excluding carboxylic acids is 2. The van der Waals surface area contributed by atoms with E-state index < -0.39 is 11.8 Å². The number of nitrogens with one attached hydrogen (secondary N) is 1. The maximum atomic E-state index is 11.9. The van der Waals surface area contributed by atoms with Crippen molar-refractivity contribution < 1.29 is 14.7 Å². The highest BCUT2D eigenvalue weighted by atomic mass is 16.3. The third-order valence-electron chi connectivity index (χ3n) is 3.01. The first-order chi connectivity index (χ1) is 9.63. The zero-order valence-electron chi connectivity index (χ0n) is 11.2. The molecule has 0 radical (unpaired) electrons. The van der Waals surface area contributed by atoms with Gasteiger partial charge in [-0.1, -0.05) is 36.4 Å². The standard InChI is InChI=1S/C15H16N2O3/c1-17(9-10-18)15(20)14(19)16-13-8-4-6-11-5-2-3-7-12(11)13/h2-8,18H,9-10H2,1H3,(H,16,19). The van der Waals surface area contributed by atoms with Gasteiger partial charge in [0.15, 0.2) is 0 Å². The molecule has 20 heavy (non-hydrogen) atoms. The largest absolute Gasteiger partial charge is 0.395 e. The van der Waals surface area contributed by atoms with Crippen LogP contribution in [0.15, 0.2) is 42.5 Å². The number of fused-ring (bicyclic) bond motifs is 1. The summed E-state index contributed by atoms with van der Waals surface area (Å²) in [5.41, 5.74) is 0.596. The number of likely N-dealkylation sites (N-methyl/N-ethyl adjacent to an activating group) is 1. The van der Waals surface area contributed by atoms with Crippen molar-refractivity contribution in [1.82, 2.24) is 4.90 Å². The number of hydrogen-bond acceptors (Lipinski definition) is 3. The van der Waals surface area contributed by atoms with Gasteiger partial charge in [0.25, 0.3) is 0 Å². The fourth-order valence-corrected chi connectivity index (χ4v) is 1.94. The number of anilines is 1. The Morgan fingerprint density at radius 1 is 1.15 bits per heavy atom. The molecular formula is C15H16N2O3. The van der Waals surface area contributed by atoms with Crippen LogP contribution in [0.4, 0.5) is 5.69 Å². The first-order valence-electron chi connectivity index (χ1n) is 6.28. The van der Waals surface area contributed by atoms with E-state index in [1.54, 1.807) is 6.07 Å². The number of carbonyl (C=O) groups is 2. The van der Waals surface area contributed by atoms with Crippen LogP contribution in [0, 0.1) is 0 Å². The highest BCUT2D eigenvalue weighted by Gasteiger charge is 2.18. The second-order valence-electron chi connectivity index (χ2n) is 4.43. The van der Waals surface area contributed by atoms with Crippen molar-refractivity contribution in [1.29, 1.82) is 0 Å². The van der Waals surface area contributed by atoms with E-state index in [9.17, 15) is 9.59 Å². The molecule has 104 valence electrons. The Labute approximate surface area is 116 Å². The molecule has 2 aromatic rings. The molecular weight excluding hydrogens is 256 g/mol. The van der Waals surface area contributed by atoms with Gasteiger partial charge in [0.05, 0.1) is 6.61 Å². The van der Waals surface area contributed by atoms with E-state index >= 15 is 0 Å². The Hall–Kier alpha value is -2.40. The molecule has 0 atom stereocenters. The summed E-state index contributed by atoms with van der Waals surface area (Å²) >= 11 is 0. The van der Waals surface area contributed by atoms with Crippen LogP contribution in [0.2, 0.25) is 0 Å². The van der Waals surface area contributed by atoms with Gasteiger partial charge >= 0.3 is 11.8 Å². The fraction of sp³-hybridized carbons (Fsp3) is 0.200. The number of hydrogen-bond donors (Lipinski definition) is 2. The summed E-state index contributed by atoms with van der Waals surface area (Å²) in [5.74, 6) is -1.38. The van der Waals surface area contributed by atoms with Crippen LogP contribution in [0.3, 0.4) is 0 Å². The smallest absolute Gasteiger partial charge is 0.313 e. The van der Waals surface area contributed by atoms with Crippen molar-refractivity contribution in [2.24, 2.45) is 0 Å². The summed E-state index contributed by atoms with van der Waals surface area (Å²) < 4.78 is 0. The van der Waals surface area contributed by atoms with E-state index in [-0.39, 0.29) is 13.2 Å². The van der Waals surface area contributed by atoms with Gasteiger partial charge in [0, 0.05) is 24.7 Å².